The number of rotatable bonds is 5. The second kappa shape index (κ2) is 7.20. The second-order valence-corrected chi connectivity index (χ2v) is 5.46. The van der Waals surface area contributed by atoms with Gasteiger partial charge in [0.25, 0.3) is 0 Å². The predicted octanol–water partition coefficient (Wildman–Crippen LogP) is 3.52. The summed E-state index contributed by atoms with van der Waals surface area (Å²) in [6.07, 6.45) is 16.0. The van der Waals surface area contributed by atoms with Crippen LogP contribution in [0, 0.1) is 0 Å². The minimum Gasteiger partial charge on any atom is -0.368 e. The van der Waals surface area contributed by atoms with E-state index in [2.05, 4.69) is 40.7 Å². The molecule has 18 heavy (non-hydrogen) atoms. The molecule has 0 aliphatic carbocycles. The summed E-state index contributed by atoms with van der Waals surface area (Å²) in [6.45, 7) is 0. The quantitative estimate of drug-likeness (QED) is 0.832. The molecule has 1 aliphatic rings. The van der Waals surface area contributed by atoms with Crippen LogP contribution in [0.25, 0.3) is 0 Å². The summed E-state index contributed by atoms with van der Waals surface area (Å²) < 4.78 is 0. The Labute approximate surface area is 114 Å². The van der Waals surface area contributed by atoms with Crippen LogP contribution in [-0.4, -0.2) is 11.1 Å². The molecule has 0 saturated heterocycles. The van der Waals surface area contributed by atoms with Gasteiger partial charge in [-0.15, -0.1) is 0 Å². The summed E-state index contributed by atoms with van der Waals surface area (Å²) in [4.78, 5) is 4.06. The van der Waals surface area contributed by atoms with Gasteiger partial charge in [-0.25, -0.2) is 0 Å². The Morgan fingerprint density at radius 3 is 2.67 bits per heavy atom. The Morgan fingerprint density at radius 2 is 2.00 bits per heavy atom. The van der Waals surface area contributed by atoms with E-state index in [-0.39, 0.29) is 0 Å². The molecule has 0 fully saturated rings. The van der Waals surface area contributed by atoms with Gasteiger partial charge in [0.2, 0.25) is 0 Å². The SMILES string of the molecule is S=PCC(CC=C1C=CNC=C1)c1ccncc1. The standard InChI is InChI=1S/C14H15N2PS/c18-17-11-14(13-5-9-16-10-6-13)2-1-12-3-7-15-8-4-12/h1,3-10,14-15H,2,11H2. The first kappa shape index (κ1) is 13.1. The third-order valence-corrected chi connectivity index (χ3v) is 3.89. The van der Waals surface area contributed by atoms with E-state index in [0.717, 1.165) is 19.9 Å². The molecule has 1 aromatic rings. The fourth-order valence-electron chi connectivity index (χ4n) is 1.86. The van der Waals surface area contributed by atoms with Crippen LogP contribution in [-0.2, 0) is 11.8 Å². The van der Waals surface area contributed by atoms with Crippen LogP contribution >= 0.6 is 7.36 Å². The lowest BCUT2D eigenvalue weighted by Crippen LogP contribution is -2.01. The minimum atomic E-state index is 0.483. The highest BCUT2D eigenvalue weighted by Gasteiger charge is 2.09. The molecular weight excluding hydrogens is 259 g/mol. The topological polar surface area (TPSA) is 24.9 Å². The maximum absolute atomic E-state index is 5.10. The molecule has 0 bridgehead atoms. The smallest absolute Gasteiger partial charge is 0.0270 e. The lowest BCUT2D eigenvalue weighted by Gasteiger charge is -2.13. The van der Waals surface area contributed by atoms with Crippen LogP contribution in [0.5, 0.6) is 0 Å². The van der Waals surface area contributed by atoms with Crippen LogP contribution < -0.4 is 5.32 Å². The number of nitrogens with zero attached hydrogens (tertiary/aromatic N) is 1. The van der Waals surface area contributed by atoms with Gasteiger partial charge in [0, 0.05) is 31.0 Å². The monoisotopic (exact) mass is 274 g/mol. The van der Waals surface area contributed by atoms with Gasteiger partial charge in [-0.2, -0.15) is 0 Å². The number of pyridine rings is 1. The van der Waals surface area contributed by atoms with E-state index >= 15 is 0 Å². The van der Waals surface area contributed by atoms with Gasteiger partial charge in [-0.05, 0) is 55.1 Å². The van der Waals surface area contributed by atoms with Crippen molar-refractivity contribution in [3.05, 3.63) is 66.3 Å². The average Bonchev–Trinajstić information content (AvgIpc) is 2.45. The highest BCUT2D eigenvalue weighted by Crippen LogP contribution is 2.24. The number of nitrogens with one attached hydrogen (secondary N) is 1. The highest BCUT2D eigenvalue weighted by molar-refractivity contribution is 7.96. The number of allylic oxidation sites excluding steroid dienone is 4. The van der Waals surface area contributed by atoms with E-state index < -0.39 is 0 Å². The molecule has 2 rings (SSSR count). The first-order chi connectivity index (χ1) is 8.90. The Hall–Kier alpha value is -1.31. The van der Waals surface area contributed by atoms with Crippen molar-refractivity contribution in [2.24, 2.45) is 0 Å². The molecule has 2 nitrogen and oxygen atoms in total. The molecule has 1 N–H and O–H groups in total. The molecule has 1 aromatic heterocycles. The fraction of sp³-hybridized carbons (Fsp3) is 0.214. The summed E-state index contributed by atoms with van der Waals surface area (Å²) in [5, 5.41) is 3.03. The van der Waals surface area contributed by atoms with Crippen molar-refractivity contribution in [2.45, 2.75) is 12.3 Å². The molecule has 92 valence electrons. The van der Waals surface area contributed by atoms with E-state index in [4.69, 9.17) is 11.8 Å². The second-order valence-electron chi connectivity index (χ2n) is 4.06. The van der Waals surface area contributed by atoms with E-state index in [9.17, 15) is 0 Å². The van der Waals surface area contributed by atoms with Gasteiger partial charge in [-0.1, -0.05) is 17.9 Å². The molecule has 1 aliphatic heterocycles. The van der Waals surface area contributed by atoms with Crippen LogP contribution in [0.2, 0.25) is 0 Å². The van der Waals surface area contributed by atoms with E-state index in [0.29, 0.717) is 5.92 Å². The van der Waals surface area contributed by atoms with E-state index in [1.165, 1.54) is 11.1 Å². The third kappa shape index (κ3) is 3.86. The van der Waals surface area contributed by atoms with Crippen molar-refractivity contribution in [3.8, 4) is 0 Å². The Morgan fingerprint density at radius 1 is 1.28 bits per heavy atom. The largest absolute Gasteiger partial charge is 0.368 e. The molecule has 2 heterocycles. The average molecular weight is 274 g/mol. The molecule has 4 heteroatoms. The van der Waals surface area contributed by atoms with Gasteiger partial charge in [-0.3, -0.25) is 4.98 Å². The zero-order valence-corrected chi connectivity index (χ0v) is 11.7. The van der Waals surface area contributed by atoms with Gasteiger partial charge >= 0.3 is 0 Å². The van der Waals surface area contributed by atoms with Crippen molar-refractivity contribution in [1.82, 2.24) is 10.3 Å². The van der Waals surface area contributed by atoms with Crippen molar-refractivity contribution in [1.29, 1.82) is 0 Å². The molecule has 0 aromatic carbocycles. The minimum absolute atomic E-state index is 0.483. The molecule has 0 radical (unpaired) electrons. The lowest BCUT2D eigenvalue weighted by molar-refractivity contribution is 0.788. The molecular formula is C14H15N2PS. The zero-order valence-electron chi connectivity index (χ0n) is 9.99. The van der Waals surface area contributed by atoms with Crippen LogP contribution in [0.4, 0.5) is 0 Å². The van der Waals surface area contributed by atoms with Crippen LogP contribution in [0.3, 0.4) is 0 Å². The number of hydrogen-bond acceptors (Lipinski definition) is 3. The predicted molar refractivity (Wildman–Crippen MR) is 80.2 cm³/mol. The van der Waals surface area contributed by atoms with Gasteiger partial charge in [0.15, 0.2) is 0 Å². The van der Waals surface area contributed by atoms with Gasteiger partial charge in [0.1, 0.15) is 0 Å². The maximum Gasteiger partial charge on any atom is 0.0270 e. The Bertz CT molecular complexity index is 466. The number of hydrogen-bond donors (Lipinski definition) is 1. The third-order valence-electron chi connectivity index (χ3n) is 2.85. The molecule has 0 saturated carbocycles. The summed E-state index contributed by atoms with van der Waals surface area (Å²) in [6, 6.07) is 4.16. The van der Waals surface area contributed by atoms with Gasteiger partial charge < -0.3 is 5.32 Å². The van der Waals surface area contributed by atoms with Crippen LogP contribution in [0.15, 0.2) is 60.7 Å². The first-order valence-corrected chi connectivity index (χ1v) is 7.98. The normalized spacial score (nSPS) is 15.4. The first-order valence-electron chi connectivity index (χ1n) is 5.88. The lowest BCUT2D eigenvalue weighted by atomic mass is 9.97. The Balaban J connectivity index is 2.07. The van der Waals surface area contributed by atoms with Crippen LogP contribution in [0.1, 0.15) is 17.9 Å². The van der Waals surface area contributed by atoms with Gasteiger partial charge in [0.05, 0.1) is 0 Å². The van der Waals surface area contributed by atoms with Crippen molar-refractivity contribution in [2.75, 3.05) is 6.16 Å². The highest BCUT2D eigenvalue weighted by atomic mass is 32.4. The maximum atomic E-state index is 5.10. The summed E-state index contributed by atoms with van der Waals surface area (Å²) in [5.74, 6) is 0.483. The van der Waals surface area contributed by atoms with E-state index in [1.807, 2.05) is 24.8 Å². The Kier molecular flexibility index (Phi) is 5.25. The zero-order chi connectivity index (χ0) is 12.6. The molecule has 0 amide bonds. The van der Waals surface area contributed by atoms with Crippen molar-refractivity contribution in [3.63, 3.8) is 0 Å². The summed E-state index contributed by atoms with van der Waals surface area (Å²) in [7, 11) is 1.02. The van der Waals surface area contributed by atoms with E-state index in [1.54, 1.807) is 0 Å². The number of dihydropyridines is 1. The molecule has 0 spiro atoms. The van der Waals surface area contributed by atoms with Crippen molar-refractivity contribution < 1.29 is 0 Å². The van der Waals surface area contributed by atoms with Crippen molar-refractivity contribution >= 4 is 19.2 Å². The number of aromatic nitrogens is 1. The molecule has 1 atom stereocenters. The summed E-state index contributed by atoms with van der Waals surface area (Å²) in [5.41, 5.74) is 2.56. The summed E-state index contributed by atoms with van der Waals surface area (Å²) >= 11 is 5.10. The molecule has 1 unspecified atom stereocenters. The fourth-order valence-corrected chi connectivity index (χ4v) is 2.94.